The van der Waals surface area contributed by atoms with Crippen LogP contribution in [-0.2, 0) is 16.6 Å². The van der Waals surface area contributed by atoms with Crippen LogP contribution in [0.5, 0.6) is 0 Å². The summed E-state index contributed by atoms with van der Waals surface area (Å²) in [7, 11) is -3.42. The molecule has 2 fully saturated rings. The monoisotopic (exact) mass is 309 g/mol. The molecule has 1 aliphatic carbocycles. The van der Waals surface area contributed by atoms with E-state index in [-0.39, 0.29) is 6.61 Å². The Morgan fingerprint density at radius 1 is 1.10 bits per heavy atom. The molecule has 1 N–H and O–H groups in total. The number of hydrogen-bond acceptors (Lipinski definition) is 3. The van der Waals surface area contributed by atoms with Crippen molar-refractivity contribution in [3.05, 3.63) is 29.8 Å². The van der Waals surface area contributed by atoms with Crippen molar-refractivity contribution < 1.29 is 13.5 Å². The molecule has 1 aromatic carbocycles. The summed E-state index contributed by atoms with van der Waals surface area (Å²) in [6, 6.07) is 6.63. The first-order chi connectivity index (χ1) is 10.1. The van der Waals surface area contributed by atoms with Crippen LogP contribution in [0.4, 0.5) is 0 Å². The first-order valence-corrected chi connectivity index (χ1v) is 9.20. The van der Waals surface area contributed by atoms with E-state index in [1.54, 1.807) is 28.6 Å². The Bertz CT molecular complexity index is 596. The second-order valence-electron chi connectivity index (χ2n) is 6.42. The SMILES string of the molecule is O=S(=O)(c1cccc(CO)c1)N1CCC2(CCCC2)CC1. The zero-order chi connectivity index (χ0) is 14.9. The molecular weight excluding hydrogens is 286 g/mol. The molecule has 0 bridgehead atoms. The molecule has 1 spiro atoms. The highest BCUT2D eigenvalue weighted by atomic mass is 32.2. The zero-order valence-electron chi connectivity index (χ0n) is 12.3. The minimum atomic E-state index is -3.42. The predicted molar refractivity (Wildman–Crippen MR) is 81.3 cm³/mol. The van der Waals surface area contributed by atoms with Gasteiger partial charge in [-0.3, -0.25) is 0 Å². The second-order valence-corrected chi connectivity index (χ2v) is 8.35. The standard InChI is InChI=1S/C16H23NO3S/c18-13-14-4-3-5-15(12-14)21(19,20)17-10-8-16(9-11-17)6-1-2-7-16/h3-5,12,18H,1-2,6-11,13H2. The van der Waals surface area contributed by atoms with Gasteiger partial charge in [-0.2, -0.15) is 4.31 Å². The Hall–Kier alpha value is -0.910. The summed E-state index contributed by atoms with van der Waals surface area (Å²) in [5.74, 6) is 0. The third-order valence-corrected chi connectivity index (χ3v) is 7.06. The number of nitrogens with zero attached hydrogens (tertiary/aromatic N) is 1. The topological polar surface area (TPSA) is 57.6 Å². The van der Waals surface area contributed by atoms with Crippen LogP contribution in [0.3, 0.4) is 0 Å². The maximum absolute atomic E-state index is 12.7. The van der Waals surface area contributed by atoms with Gasteiger partial charge in [-0.05, 0) is 48.8 Å². The molecule has 0 unspecified atom stereocenters. The lowest BCUT2D eigenvalue weighted by atomic mass is 9.78. The van der Waals surface area contributed by atoms with Gasteiger partial charge in [0.1, 0.15) is 0 Å². The van der Waals surface area contributed by atoms with Crippen molar-refractivity contribution >= 4 is 10.0 Å². The van der Waals surface area contributed by atoms with Gasteiger partial charge in [0.25, 0.3) is 0 Å². The van der Waals surface area contributed by atoms with Crippen LogP contribution in [0.1, 0.15) is 44.1 Å². The highest BCUT2D eigenvalue weighted by molar-refractivity contribution is 7.89. The third kappa shape index (κ3) is 2.87. The van der Waals surface area contributed by atoms with E-state index in [2.05, 4.69) is 0 Å². The fraction of sp³-hybridized carbons (Fsp3) is 0.625. The quantitative estimate of drug-likeness (QED) is 0.933. The van der Waals surface area contributed by atoms with Crippen molar-refractivity contribution in [1.82, 2.24) is 4.31 Å². The molecule has 2 aliphatic rings. The van der Waals surface area contributed by atoms with E-state index in [0.717, 1.165) is 12.8 Å². The molecule has 0 aromatic heterocycles. The van der Waals surface area contributed by atoms with Crippen LogP contribution in [0.15, 0.2) is 29.2 Å². The Kier molecular flexibility index (Phi) is 4.08. The molecule has 1 saturated heterocycles. The van der Waals surface area contributed by atoms with E-state index in [9.17, 15) is 8.42 Å². The summed E-state index contributed by atoms with van der Waals surface area (Å²) >= 11 is 0. The minimum absolute atomic E-state index is 0.132. The van der Waals surface area contributed by atoms with E-state index < -0.39 is 10.0 Å². The van der Waals surface area contributed by atoms with Crippen LogP contribution in [-0.4, -0.2) is 30.9 Å². The summed E-state index contributed by atoms with van der Waals surface area (Å²) < 4.78 is 27.0. The van der Waals surface area contributed by atoms with Crippen molar-refractivity contribution in [2.45, 2.75) is 50.0 Å². The van der Waals surface area contributed by atoms with Gasteiger partial charge < -0.3 is 5.11 Å². The lowest BCUT2D eigenvalue weighted by Gasteiger charge is -2.38. The lowest BCUT2D eigenvalue weighted by molar-refractivity contribution is 0.160. The average molecular weight is 309 g/mol. The van der Waals surface area contributed by atoms with E-state index in [4.69, 9.17) is 5.11 Å². The first kappa shape index (κ1) is 15.0. The Labute approximate surface area is 126 Å². The summed E-state index contributed by atoms with van der Waals surface area (Å²) in [5, 5.41) is 9.17. The maximum atomic E-state index is 12.7. The van der Waals surface area contributed by atoms with Gasteiger partial charge in [0.15, 0.2) is 0 Å². The molecule has 21 heavy (non-hydrogen) atoms. The van der Waals surface area contributed by atoms with Gasteiger partial charge in [0.05, 0.1) is 11.5 Å². The van der Waals surface area contributed by atoms with Gasteiger partial charge in [0.2, 0.25) is 10.0 Å². The summed E-state index contributed by atoms with van der Waals surface area (Å²) in [5.41, 5.74) is 1.05. The average Bonchev–Trinajstić information content (AvgIpc) is 2.96. The molecule has 0 atom stereocenters. The number of sulfonamides is 1. The van der Waals surface area contributed by atoms with Crippen LogP contribution in [0.25, 0.3) is 0 Å². The van der Waals surface area contributed by atoms with Gasteiger partial charge in [-0.1, -0.05) is 25.0 Å². The zero-order valence-corrected chi connectivity index (χ0v) is 13.1. The highest BCUT2D eigenvalue weighted by Gasteiger charge is 2.40. The van der Waals surface area contributed by atoms with Crippen LogP contribution in [0.2, 0.25) is 0 Å². The number of piperidine rings is 1. The molecular formula is C16H23NO3S. The van der Waals surface area contributed by atoms with E-state index in [0.29, 0.717) is 29.0 Å². The molecule has 1 heterocycles. The van der Waals surface area contributed by atoms with Crippen LogP contribution >= 0.6 is 0 Å². The van der Waals surface area contributed by atoms with Crippen LogP contribution in [0, 0.1) is 5.41 Å². The van der Waals surface area contributed by atoms with Crippen LogP contribution < -0.4 is 0 Å². The Balaban J connectivity index is 1.76. The molecule has 1 saturated carbocycles. The normalized spacial score (nSPS) is 22.7. The number of hydrogen-bond donors (Lipinski definition) is 1. The fourth-order valence-electron chi connectivity index (χ4n) is 3.78. The Morgan fingerprint density at radius 3 is 2.38 bits per heavy atom. The third-order valence-electron chi connectivity index (χ3n) is 5.17. The minimum Gasteiger partial charge on any atom is -0.392 e. The summed E-state index contributed by atoms with van der Waals surface area (Å²) in [6.07, 6.45) is 7.11. The smallest absolute Gasteiger partial charge is 0.243 e. The van der Waals surface area contributed by atoms with E-state index in [1.165, 1.54) is 25.7 Å². The molecule has 4 nitrogen and oxygen atoms in total. The fourth-order valence-corrected chi connectivity index (χ4v) is 5.29. The van der Waals surface area contributed by atoms with Crippen molar-refractivity contribution in [3.8, 4) is 0 Å². The van der Waals surface area contributed by atoms with Crippen molar-refractivity contribution in [2.75, 3.05) is 13.1 Å². The van der Waals surface area contributed by atoms with E-state index >= 15 is 0 Å². The summed E-state index contributed by atoms with van der Waals surface area (Å²) in [4.78, 5) is 0.302. The van der Waals surface area contributed by atoms with Crippen molar-refractivity contribution in [3.63, 3.8) is 0 Å². The second kappa shape index (κ2) is 5.71. The molecule has 1 aliphatic heterocycles. The maximum Gasteiger partial charge on any atom is 0.243 e. The molecule has 3 rings (SSSR count). The predicted octanol–water partition coefficient (Wildman–Crippen LogP) is 2.52. The highest BCUT2D eigenvalue weighted by Crippen LogP contribution is 2.46. The van der Waals surface area contributed by atoms with Gasteiger partial charge in [0, 0.05) is 13.1 Å². The molecule has 0 amide bonds. The first-order valence-electron chi connectivity index (χ1n) is 7.76. The van der Waals surface area contributed by atoms with Crippen molar-refractivity contribution in [2.24, 2.45) is 5.41 Å². The summed E-state index contributed by atoms with van der Waals surface area (Å²) in [6.45, 7) is 1.13. The molecule has 5 heteroatoms. The van der Waals surface area contributed by atoms with Crippen molar-refractivity contribution in [1.29, 1.82) is 0 Å². The van der Waals surface area contributed by atoms with Gasteiger partial charge in [-0.25, -0.2) is 8.42 Å². The molecule has 116 valence electrons. The number of aliphatic hydroxyl groups excluding tert-OH is 1. The molecule has 0 radical (unpaired) electrons. The van der Waals surface area contributed by atoms with Gasteiger partial charge >= 0.3 is 0 Å². The Morgan fingerprint density at radius 2 is 1.76 bits per heavy atom. The van der Waals surface area contributed by atoms with Gasteiger partial charge in [-0.15, -0.1) is 0 Å². The number of aliphatic hydroxyl groups is 1. The lowest BCUT2D eigenvalue weighted by Crippen LogP contribution is -2.42. The molecule has 1 aromatic rings. The largest absolute Gasteiger partial charge is 0.392 e. The number of rotatable bonds is 3. The van der Waals surface area contributed by atoms with E-state index in [1.807, 2.05) is 0 Å². The number of benzene rings is 1.